The molecule has 1 atom stereocenters. The highest BCUT2D eigenvalue weighted by Gasteiger charge is 2.10. The molecule has 0 heterocycles. The molecule has 1 aromatic carbocycles. The summed E-state index contributed by atoms with van der Waals surface area (Å²) < 4.78 is 5.01. The van der Waals surface area contributed by atoms with Crippen molar-refractivity contribution in [3.05, 3.63) is 23.8 Å². The van der Waals surface area contributed by atoms with Crippen LogP contribution in [0.4, 0.5) is 0 Å². The maximum absolute atomic E-state index is 9.73. The smallest absolute Gasteiger partial charge is 0.124 e. The Hall–Kier alpha value is -0.930. The third kappa shape index (κ3) is 3.91. The molecule has 0 aliphatic heterocycles. The fourth-order valence-electron chi connectivity index (χ4n) is 1.54. The molecule has 0 aliphatic carbocycles. The molecule has 0 aliphatic rings. The lowest BCUT2D eigenvalue weighted by Gasteiger charge is -2.13. The second kappa shape index (κ2) is 7.36. The Balaban J connectivity index is 0.00000225. The average Bonchev–Trinajstić information content (AvgIpc) is 2.25. The van der Waals surface area contributed by atoms with E-state index in [0.717, 1.165) is 24.8 Å². The molecule has 0 fully saturated rings. The summed E-state index contributed by atoms with van der Waals surface area (Å²) in [5, 5.41) is 9.73. The molecule has 3 N–H and O–H groups in total. The van der Waals surface area contributed by atoms with Gasteiger partial charge in [-0.2, -0.15) is 0 Å². The Morgan fingerprint density at radius 3 is 2.62 bits per heavy atom. The summed E-state index contributed by atoms with van der Waals surface area (Å²) in [5.41, 5.74) is 6.77. The Labute approximate surface area is 103 Å². The topological polar surface area (TPSA) is 55.5 Å². The third-order valence-electron chi connectivity index (χ3n) is 2.51. The third-order valence-corrected chi connectivity index (χ3v) is 2.51. The number of hydrogen-bond donors (Lipinski definition) is 2. The number of benzene rings is 1. The molecule has 0 amide bonds. The zero-order chi connectivity index (χ0) is 11.3. The van der Waals surface area contributed by atoms with Crippen LogP contribution in [0.1, 0.15) is 37.8 Å². The molecule has 0 unspecified atom stereocenters. The molecule has 0 aromatic heterocycles. The first kappa shape index (κ1) is 15.1. The van der Waals surface area contributed by atoms with E-state index >= 15 is 0 Å². The molecular formula is C12H20ClNO2. The van der Waals surface area contributed by atoms with Gasteiger partial charge in [-0.1, -0.05) is 25.8 Å². The van der Waals surface area contributed by atoms with Crippen molar-refractivity contribution in [2.75, 3.05) is 7.11 Å². The molecule has 16 heavy (non-hydrogen) atoms. The van der Waals surface area contributed by atoms with E-state index in [1.54, 1.807) is 13.2 Å². The predicted octanol–water partition coefficient (Wildman–Crippen LogP) is 3.01. The van der Waals surface area contributed by atoms with E-state index in [2.05, 4.69) is 6.92 Å². The second-order valence-electron chi connectivity index (χ2n) is 3.67. The number of hydrogen-bond acceptors (Lipinski definition) is 3. The summed E-state index contributed by atoms with van der Waals surface area (Å²) in [6.07, 6.45) is 3.09. The van der Waals surface area contributed by atoms with Crippen molar-refractivity contribution in [1.82, 2.24) is 0 Å². The number of rotatable bonds is 5. The maximum Gasteiger partial charge on any atom is 0.124 e. The molecule has 0 bridgehead atoms. The highest BCUT2D eigenvalue weighted by atomic mass is 35.5. The Kier molecular flexibility index (Phi) is 6.93. The van der Waals surface area contributed by atoms with E-state index in [1.165, 1.54) is 0 Å². The summed E-state index contributed by atoms with van der Waals surface area (Å²) in [4.78, 5) is 0. The van der Waals surface area contributed by atoms with E-state index in [4.69, 9.17) is 10.5 Å². The first-order valence-corrected chi connectivity index (χ1v) is 5.31. The van der Waals surface area contributed by atoms with Gasteiger partial charge < -0.3 is 15.6 Å². The van der Waals surface area contributed by atoms with Gasteiger partial charge in [0.15, 0.2) is 0 Å². The minimum Gasteiger partial charge on any atom is -0.507 e. The average molecular weight is 246 g/mol. The van der Waals surface area contributed by atoms with Crippen molar-refractivity contribution in [3.63, 3.8) is 0 Å². The molecule has 3 nitrogen and oxygen atoms in total. The summed E-state index contributed by atoms with van der Waals surface area (Å²) in [6.45, 7) is 2.13. The van der Waals surface area contributed by atoms with Crippen LogP contribution in [0.2, 0.25) is 0 Å². The van der Waals surface area contributed by atoms with Gasteiger partial charge in [0.1, 0.15) is 11.5 Å². The number of methoxy groups -OCH3 is 1. The van der Waals surface area contributed by atoms with Crippen LogP contribution in [-0.4, -0.2) is 12.2 Å². The van der Waals surface area contributed by atoms with Gasteiger partial charge in [0.2, 0.25) is 0 Å². The zero-order valence-corrected chi connectivity index (χ0v) is 10.6. The van der Waals surface area contributed by atoms with Gasteiger partial charge in [-0.15, -0.1) is 12.4 Å². The number of unbranched alkanes of at least 4 members (excludes halogenated alkanes) is 1. The first-order chi connectivity index (χ1) is 7.19. The van der Waals surface area contributed by atoms with Gasteiger partial charge in [-0.05, 0) is 12.5 Å². The monoisotopic (exact) mass is 245 g/mol. The molecule has 0 spiro atoms. The number of nitrogens with two attached hydrogens (primary N) is 1. The van der Waals surface area contributed by atoms with Gasteiger partial charge in [0.25, 0.3) is 0 Å². The van der Waals surface area contributed by atoms with E-state index < -0.39 is 0 Å². The van der Waals surface area contributed by atoms with Crippen molar-refractivity contribution in [2.24, 2.45) is 5.73 Å². The highest BCUT2D eigenvalue weighted by molar-refractivity contribution is 5.85. The standard InChI is InChI=1S/C12H19NO2.ClH/c1-3-4-5-11(13)10-7-6-9(15-2)8-12(10)14;/h6-8,11,14H,3-5,13H2,1-2H3;1H/t11-;/m1./s1. The van der Waals surface area contributed by atoms with Crippen LogP contribution in [0, 0.1) is 0 Å². The Morgan fingerprint density at radius 2 is 2.12 bits per heavy atom. The molecule has 4 heteroatoms. The van der Waals surface area contributed by atoms with Crippen molar-refractivity contribution < 1.29 is 9.84 Å². The molecular weight excluding hydrogens is 226 g/mol. The highest BCUT2D eigenvalue weighted by Crippen LogP contribution is 2.29. The minimum absolute atomic E-state index is 0. The van der Waals surface area contributed by atoms with Gasteiger partial charge in [0, 0.05) is 17.7 Å². The van der Waals surface area contributed by atoms with Crippen LogP contribution in [0.25, 0.3) is 0 Å². The predicted molar refractivity (Wildman–Crippen MR) is 68.4 cm³/mol. The number of ether oxygens (including phenoxy) is 1. The molecule has 0 saturated heterocycles. The number of aromatic hydroxyl groups is 1. The molecule has 92 valence electrons. The quantitative estimate of drug-likeness (QED) is 0.839. The summed E-state index contributed by atoms with van der Waals surface area (Å²) in [5.74, 6) is 0.872. The fraction of sp³-hybridized carbons (Fsp3) is 0.500. The second-order valence-corrected chi connectivity index (χ2v) is 3.67. The molecule has 1 rings (SSSR count). The van der Waals surface area contributed by atoms with Gasteiger partial charge >= 0.3 is 0 Å². The fourth-order valence-corrected chi connectivity index (χ4v) is 1.54. The summed E-state index contributed by atoms with van der Waals surface area (Å²) >= 11 is 0. The van der Waals surface area contributed by atoms with Gasteiger partial charge in [-0.3, -0.25) is 0 Å². The molecule has 1 aromatic rings. The van der Waals surface area contributed by atoms with Gasteiger partial charge in [-0.25, -0.2) is 0 Å². The van der Waals surface area contributed by atoms with Crippen LogP contribution in [-0.2, 0) is 0 Å². The van der Waals surface area contributed by atoms with Crippen molar-refractivity contribution in [3.8, 4) is 11.5 Å². The van der Waals surface area contributed by atoms with E-state index in [0.29, 0.717) is 5.75 Å². The Bertz CT molecular complexity index is 318. The maximum atomic E-state index is 9.73. The van der Waals surface area contributed by atoms with Crippen LogP contribution in [0.3, 0.4) is 0 Å². The number of phenols is 1. The number of phenolic OH excluding ortho intramolecular Hbond substituents is 1. The summed E-state index contributed by atoms with van der Waals surface area (Å²) in [6, 6.07) is 5.16. The van der Waals surface area contributed by atoms with Crippen LogP contribution >= 0.6 is 12.4 Å². The molecule has 0 radical (unpaired) electrons. The lowest BCUT2D eigenvalue weighted by atomic mass is 10.0. The minimum atomic E-state index is -0.0872. The normalized spacial score (nSPS) is 11.7. The SMILES string of the molecule is CCCC[C@@H](N)c1ccc(OC)cc1O.Cl. The van der Waals surface area contributed by atoms with Crippen LogP contribution < -0.4 is 10.5 Å². The van der Waals surface area contributed by atoms with E-state index in [1.807, 2.05) is 12.1 Å². The summed E-state index contributed by atoms with van der Waals surface area (Å²) in [7, 11) is 1.57. The van der Waals surface area contributed by atoms with Crippen LogP contribution in [0.15, 0.2) is 18.2 Å². The number of halogens is 1. The first-order valence-electron chi connectivity index (χ1n) is 5.31. The Morgan fingerprint density at radius 1 is 1.44 bits per heavy atom. The van der Waals surface area contributed by atoms with Gasteiger partial charge in [0.05, 0.1) is 7.11 Å². The lowest BCUT2D eigenvalue weighted by Crippen LogP contribution is -2.10. The largest absolute Gasteiger partial charge is 0.507 e. The van der Waals surface area contributed by atoms with Crippen molar-refractivity contribution >= 4 is 12.4 Å². The zero-order valence-electron chi connectivity index (χ0n) is 9.77. The van der Waals surface area contributed by atoms with Crippen LogP contribution in [0.5, 0.6) is 11.5 Å². The van der Waals surface area contributed by atoms with E-state index in [9.17, 15) is 5.11 Å². The van der Waals surface area contributed by atoms with E-state index in [-0.39, 0.29) is 24.2 Å². The van der Waals surface area contributed by atoms with Crippen molar-refractivity contribution in [1.29, 1.82) is 0 Å². The van der Waals surface area contributed by atoms with Crippen molar-refractivity contribution in [2.45, 2.75) is 32.2 Å². The molecule has 0 saturated carbocycles. The lowest BCUT2D eigenvalue weighted by molar-refractivity contribution is 0.404.